The minimum Gasteiger partial charge on any atom is -0.379 e. The van der Waals surface area contributed by atoms with E-state index in [2.05, 4.69) is 10.5 Å². The maximum atomic E-state index is 12.9. The molecule has 0 aromatic carbocycles. The number of hydrogen-bond acceptors (Lipinski definition) is 4. The number of aromatic nitrogens is 1. The van der Waals surface area contributed by atoms with Crippen molar-refractivity contribution in [1.29, 1.82) is 0 Å². The molecule has 1 amide bonds. The van der Waals surface area contributed by atoms with Crippen molar-refractivity contribution in [3.05, 3.63) is 17.5 Å². The van der Waals surface area contributed by atoms with Crippen LogP contribution in [0.15, 0.2) is 10.6 Å². The van der Waals surface area contributed by atoms with Crippen LogP contribution in [-0.4, -0.2) is 30.3 Å². The van der Waals surface area contributed by atoms with E-state index in [0.717, 1.165) is 42.0 Å². The van der Waals surface area contributed by atoms with Crippen molar-refractivity contribution in [2.45, 2.75) is 64.3 Å². The molecule has 4 bridgehead atoms. The van der Waals surface area contributed by atoms with E-state index in [1.54, 1.807) is 0 Å². The van der Waals surface area contributed by atoms with E-state index in [1.165, 1.54) is 38.5 Å². The highest BCUT2D eigenvalue weighted by Gasteiger charge is 2.51. The Morgan fingerprint density at radius 3 is 2.50 bits per heavy atom. The highest BCUT2D eigenvalue weighted by molar-refractivity contribution is 5.77. The van der Waals surface area contributed by atoms with E-state index in [-0.39, 0.29) is 17.9 Å². The number of ether oxygens (including phenoxy) is 1. The lowest BCUT2D eigenvalue weighted by Crippen LogP contribution is -2.49. The van der Waals surface area contributed by atoms with E-state index in [1.807, 2.05) is 13.0 Å². The van der Waals surface area contributed by atoms with Gasteiger partial charge in [-0.25, -0.2) is 0 Å². The Morgan fingerprint density at radius 2 is 1.88 bits per heavy atom. The number of carbonyl (C=O) groups excluding carboxylic acids is 1. The van der Waals surface area contributed by atoms with Gasteiger partial charge >= 0.3 is 0 Å². The van der Waals surface area contributed by atoms with Gasteiger partial charge in [0.15, 0.2) is 0 Å². The largest absolute Gasteiger partial charge is 0.379 e. The third-order valence-corrected chi connectivity index (χ3v) is 7.39. The van der Waals surface area contributed by atoms with E-state index >= 15 is 0 Å². The molecule has 26 heavy (non-hydrogen) atoms. The van der Waals surface area contributed by atoms with Gasteiger partial charge in [0.1, 0.15) is 5.76 Å². The van der Waals surface area contributed by atoms with Crippen LogP contribution < -0.4 is 5.32 Å². The summed E-state index contributed by atoms with van der Waals surface area (Å²) in [5.74, 6) is 4.09. The molecule has 2 heterocycles. The van der Waals surface area contributed by atoms with Gasteiger partial charge in [0.2, 0.25) is 5.91 Å². The van der Waals surface area contributed by atoms with E-state index in [0.29, 0.717) is 18.6 Å². The van der Waals surface area contributed by atoms with E-state index in [9.17, 15) is 4.79 Å². The van der Waals surface area contributed by atoms with Crippen LogP contribution in [0.25, 0.3) is 0 Å². The average Bonchev–Trinajstić information content (AvgIpc) is 3.15. The number of carbonyl (C=O) groups is 1. The number of amides is 1. The zero-order valence-corrected chi connectivity index (χ0v) is 15.7. The predicted molar refractivity (Wildman–Crippen MR) is 96.4 cm³/mol. The lowest BCUT2D eigenvalue weighted by atomic mass is 9.49. The predicted octanol–water partition coefficient (Wildman–Crippen LogP) is 3.26. The maximum Gasteiger partial charge on any atom is 0.220 e. The molecular formula is C21H30N2O3. The quantitative estimate of drug-likeness (QED) is 0.877. The van der Waals surface area contributed by atoms with Crippen molar-refractivity contribution in [3.8, 4) is 0 Å². The van der Waals surface area contributed by atoms with Crippen molar-refractivity contribution in [2.75, 3.05) is 13.2 Å². The minimum atomic E-state index is 0.0989. The summed E-state index contributed by atoms with van der Waals surface area (Å²) in [7, 11) is 0. The first-order valence-electron chi connectivity index (χ1n) is 10.4. The lowest BCUT2D eigenvalue weighted by Gasteiger charge is -2.56. The van der Waals surface area contributed by atoms with Gasteiger partial charge in [-0.3, -0.25) is 4.79 Å². The Morgan fingerprint density at radius 1 is 1.19 bits per heavy atom. The van der Waals surface area contributed by atoms with Crippen molar-refractivity contribution < 1.29 is 14.1 Å². The molecule has 2 atom stereocenters. The van der Waals surface area contributed by atoms with Crippen molar-refractivity contribution >= 4 is 5.91 Å². The zero-order chi connectivity index (χ0) is 17.7. The van der Waals surface area contributed by atoms with Crippen LogP contribution in [0.3, 0.4) is 0 Å². The molecular weight excluding hydrogens is 328 g/mol. The second kappa shape index (κ2) is 6.36. The number of aryl methyl sites for hydroxylation is 1. The Kier molecular flexibility index (Phi) is 4.11. The summed E-state index contributed by atoms with van der Waals surface area (Å²) in [5, 5.41) is 7.27. The van der Waals surface area contributed by atoms with Crippen molar-refractivity contribution in [1.82, 2.24) is 10.5 Å². The molecule has 1 saturated heterocycles. The molecule has 1 aromatic heterocycles. The highest BCUT2D eigenvalue weighted by Crippen LogP contribution is 2.61. The number of rotatable bonds is 5. The van der Waals surface area contributed by atoms with Crippen molar-refractivity contribution in [2.24, 2.45) is 29.1 Å². The van der Waals surface area contributed by atoms with Crippen LogP contribution in [0.4, 0.5) is 0 Å². The first kappa shape index (κ1) is 16.8. The van der Waals surface area contributed by atoms with Crippen LogP contribution >= 0.6 is 0 Å². The van der Waals surface area contributed by atoms with Gasteiger partial charge in [-0.05, 0) is 68.6 Å². The van der Waals surface area contributed by atoms with Gasteiger partial charge in [-0.1, -0.05) is 5.16 Å². The van der Waals surface area contributed by atoms with Crippen molar-refractivity contribution in [3.63, 3.8) is 0 Å². The summed E-state index contributed by atoms with van der Waals surface area (Å²) in [4.78, 5) is 12.9. The summed E-state index contributed by atoms with van der Waals surface area (Å²) in [5.41, 5.74) is 1.21. The molecule has 5 aliphatic rings. The van der Waals surface area contributed by atoms with Crippen LogP contribution in [0, 0.1) is 36.0 Å². The van der Waals surface area contributed by atoms with E-state index in [4.69, 9.17) is 9.26 Å². The summed E-state index contributed by atoms with van der Waals surface area (Å²) < 4.78 is 11.0. The molecule has 2 unspecified atom stereocenters. The Hall–Kier alpha value is -1.36. The Bertz CT molecular complexity index is 647. The fraction of sp³-hybridized carbons (Fsp3) is 0.810. The fourth-order valence-corrected chi connectivity index (χ4v) is 6.84. The molecule has 1 N–H and O–H groups in total. The second-order valence-corrected chi connectivity index (χ2v) is 9.70. The van der Waals surface area contributed by atoms with Gasteiger partial charge in [0.25, 0.3) is 0 Å². The van der Waals surface area contributed by atoms with Gasteiger partial charge in [-0.2, -0.15) is 0 Å². The number of nitrogens with zero attached hydrogens (tertiary/aromatic N) is 1. The molecule has 4 saturated carbocycles. The third-order valence-electron chi connectivity index (χ3n) is 7.39. The zero-order valence-electron chi connectivity index (χ0n) is 15.7. The molecule has 4 aliphatic carbocycles. The smallest absolute Gasteiger partial charge is 0.220 e. The monoisotopic (exact) mass is 358 g/mol. The lowest BCUT2D eigenvalue weighted by molar-refractivity contribution is -0.130. The molecule has 0 spiro atoms. The van der Waals surface area contributed by atoms with Gasteiger partial charge in [0, 0.05) is 24.8 Å². The van der Waals surface area contributed by atoms with Crippen LogP contribution in [0.5, 0.6) is 0 Å². The van der Waals surface area contributed by atoms with Gasteiger partial charge < -0.3 is 14.6 Å². The fourth-order valence-electron chi connectivity index (χ4n) is 6.84. The molecule has 1 aliphatic heterocycles. The van der Waals surface area contributed by atoms with Crippen LogP contribution in [0.1, 0.15) is 56.4 Å². The van der Waals surface area contributed by atoms with E-state index < -0.39 is 0 Å². The Balaban J connectivity index is 1.20. The first-order chi connectivity index (χ1) is 12.6. The molecule has 0 radical (unpaired) electrons. The SMILES string of the molecule is Cc1cc(CC2COCC2NC(=O)CC23CC4CC(CC(C4)C2)C3)on1. The number of nitrogens with one attached hydrogen (secondary N) is 1. The molecule has 142 valence electrons. The van der Waals surface area contributed by atoms with Crippen LogP contribution in [-0.2, 0) is 16.0 Å². The molecule has 6 rings (SSSR count). The molecule has 1 aromatic rings. The summed E-state index contributed by atoms with van der Waals surface area (Å²) in [6.45, 7) is 3.23. The third kappa shape index (κ3) is 3.19. The number of hydrogen-bond donors (Lipinski definition) is 1. The average molecular weight is 358 g/mol. The first-order valence-corrected chi connectivity index (χ1v) is 10.4. The van der Waals surface area contributed by atoms with Gasteiger partial charge in [-0.15, -0.1) is 0 Å². The second-order valence-electron chi connectivity index (χ2n) is 9.70. The molecule has 5 fully saturated rings. The summed E-state index contributed by atoms with van der Waals surface area (Å²) >= 11 is 0. The summed E-state index contributed by atoms with van der Waals surface area (Å²) in [6, 6.07) is 2.08. The Labute approximate surface area is 155 Å². The topological polar surface area (TPSA) is 64.4 Å². The summed E-state index contributed by atoms with van der Waals surface area (Å²) in [6.07, 6.45) is 9.64. The minimum absolute atomic E-state index is 0.0989. The standard InChI is InChI=1S/C21H30N2O3/c1-13-2-18(26-23-13)6-17-11-25-12-19(17)22-20(24)10-21-7-14-3-15(8-21)5-16(4-14)9-21/h2,14-17,19H,3-12H2,1H3,(H,22,24). The molecule has 5 heteroatoms. The highest BCUT2D eigenvalue weighted by atomic mass is 16.5. The normalized spacial score (nSPS) is 40.9. The molecule has 5 nitrogen and oxygen atoms in total. The van der Waals surface area contributed by atoms with Gasteiger partial charge in [0.05, 0.1) is 24.9 Å². The maximum absolute atomic E-state index is 12.9. The van der Waals surface area contributed by atoms with Crippen LogP contribution in [0.2, 0.25) is 0 Å².